The first-order chi connectivity index (χ1) is 9.82. The molecule has 1 aliphatic rings. The third-order valence-corrected chi connectivity index (χ3v) is 5.28. The van der Waals surface area contributed by atoms with Crippen molar-refractivity contribution < 1.29 is 17.6 Å². The Morgan fingerprint density at radius 2 is 1.95 bits per heavy atom. The Kier molecular flexibility index (Phi) is 4.63. The molecule has 1 aromatic carbocycles. The van der Waals surface area contributed by atoms with E-state index in [0.717, 1.165) is 12.1 Å². The van der Waals surface area contributed by atoms with Crippen molar-refractivity contribution in [3.8, 4) is 0 Å². The monoisotopic (exact) mass is 314 g/mol. The summed E-state index contributed by atoms with van der Waals surface area (Å²) < 4.78 is 39.3. The Labute approximate surface area is 124 Å². The van der Waals surface area contributed by atoms with Gasteiger partial charge in [-0.25, -0.2) is 12.8 Å². The van der Waals surface area contributed by atoms with Crippen LogP contribution in [0.3, 0.4) is 0 Å². The van der Waals surface area contributed by atoms with Gasteiger partial charge in [-0.2, -0.15) is 4.31 Å². The first-order valence-electron chi connectivity index (χ1n) is 6.90. The lowest BCUT2D eigenvalue weighted by atomic mass is 10.2. The minimum Gasteiger partial charge on any atom is -0.353 e. The number of carbonyl (C=O) groups is 1. The highest BCUT2D eigenvalue weighted by atomic mass is 32.2. The number of halogens is 1. The fourth-order valence-corrected chi connectivity index (χ4v) is 4.07. The maximum atomic E-state index is 12.9. The Morgan fingerprint density at radius 3 is 2.52 bits per heavy atom. The van der Waals surface area contributed by atoms with Gasteiger partial charge in [-0.15, -0.1) is 0 Å². The van der Waals surface area contributed by atoms with E-state index >= 15 is 0 Å². The van der Waals surface area contributed by atoms with Crippen LogP contribution in [0.15, 0.2) is 29.2 Å². The molecular weight excluding hydrogens is 295 g/mol. The molecule has 0 aliphatic carbocycles. The maximum Gasteiger partial charge on any atom is 0.243 e. The lowest BCUT2D eigenvalue weighted by Crippen LogP contribution is -2.47. The second-order valence-electron chi connectivity index (χ2n) is 5.39. The number of carbonyl (C=O) groups excluding carboxylic acids is 1. The van der Waals surface area contributed by atoms with Crippen molar-refractivity contribution in [1.29, 1.82) is 0 Å². The fourth-order valence-electron chi connectivity index (χ4n) is 2.41. The minimum absolute atomic E-state index is 0.00754. The van der Waals surface area contributed by atoms with Crippen LogP contribution in [0.1, 0.15) is 26.7 Å². The van der Waals surface area contributed by atoms with E-state index in [-0.39, 0.29) is 16.8 Å². The van der Waals surface area contributed by atoms with E-state index in [0.29, 0.717) is 19.4 Å². The predicted octanol–water partition coefficient (Wildman–Crippen LogP) is 1.50. The molecule has 0 spiro atoms. The zero-order valence-electron chi connectivity index (χ0n) is 12.0. The van der Waals surface area contributed by atoms with Crippen LogP contribution in [0.5, 0.6) is 0 Å². The van der Waals surface area contributed by atoms with Crippen molar-refractivity contribution in [1.82, 2.24) is 9.62 Å². The van der Waals surface area contributed by atoms with Crippen LogP contribution in [0.25, 0.3) is 0 Å². The normalized spacial score (nSPS) is 19.9. The molecule has 0 saturated carbocycles. The molecule has 1 heterocycles. The Hall–Kier alpha value is -1.47. The molecule has 0 radical (unpaired) electrons. The molecule has 1 atom stereocenters. The van der Waals surface area contributed by atoms with E-state index in [1.54, 1.807) is 0 Å². The maximum absolute atomic E-state index is 12.9. The molecule has 1 amide bonds. The van der Waals surface area contributed by atoms with Gasteiger partial charge in [0, 0.05) is 12.6 Å². The van der Waals surface area contributed by atoms with E-state index < -0.39 is 21.9 Å². The first-order valence-corrected chi connectivity index (χ1v) is 8.34. The Balaban J connectivity index is 2.26. The van der Waals surface area contributed by atoms with Crippen molar-refractivity contribution in [3.05, 3.63) is 30.1 Å². The minimum atomic E-state index is -3.78. The summed E-state index contributed by atoms with van der Waals surface area (Å²) in [5, 5.41) is 2.74. The van der Waals surface area contributed by atoms with Crippen LogP contribution in [0.2, 0.25) is 0 Å². The SMILES string of the molecule is CC(C)NC(=O)C1CCCN1S(=O)(=O)c1ccc(F)cc1. The van der Waals surface area contributed by atoms with E-state index in [9.17, 15) is 17.6 Å². The molecule has 1 unspecified atom stereocenters. The Morgan fingerprint density at radius 1 is 1.33 bits per heavy atom. The number of nitrogens with one attached hydrogen (secondary N) is 1. The second kappa shape index (κ2) is 6.11. The van der Waals surface area contributed by atoms with Gasteiger partial charge in [0.2, 0.25) is 15.9 Å². The van der Waals surface area contributed by atoms with E-state index in [1.165, 1.54) is 16.4 Å². The van der Waals surface area contributed by atoms with Gasteiger partial charge in [-0.05, 0) is 51.0 Å². The standard InChI is InChI=1S/C14H19FN2O3S/c1-10(2)16-14(18)13-4-3-9-17(13)21(19,20)12-7-5-11(15)6-8-12/h5-8,10,13H,3-4,9H2,1-2H3,(H,16,18). The molecule has 7 heteroatoms. The highest BCUT2D eigenvalue weighted by Gasteiger charge is 2.39. The zero-order valence-corrected chi connectivity index (χ0v) is 12.9. The van der Waals surface area contributed by atoms with E-state index in [1.807, 2.05) is 13.8 Å². The molecule has 116 valence electrons. The molecular formula is C14H19FN2O3S. The number of amides is 1. The molecule has 5 nitrogen and oxygen atoms in total. The number of hydrogen-bond donors (Lipinski definition) is 1. The summed E-state index contributed by atoms with van der Waals surface area (Å²) in [5.74, 6) is -0.780. The molecule has 21 heavy (non-hydrogen) atoms. The first kappa shape index (κ1) is 15.9. The van der Waals surface area contributed by atoms with Gasteiger partial charge in [0.25, 0.3) is 0 Å². The molecule has 1 aromatic rings. The van der Waals surface area contributed by atoms with Crippen LogP contribution < -0.4 is 5.32 Å². The molecule has 1 N–H and O–H groups in total. The van der Waals surface area contributed by atoms with Gasteiger partial charge < -0.3 is 5.32 Å². The lowest BCUT2D eigenvalue weighted by molar-refractivity contribution is -0.124. The fraction of sp³-hybridized carbons (Fsp3) is 0.500. The van der Waals surface area contributed by atoms with Crippen LogP contribution in [0.4, 0.5) is 4.39 Å². The average Bonchev–Trinajstić information content (AvgIpc) is 2.88. The van der Waals surface area contributed by atoms with Gasteiger partial charge in [0.05, 0.1) is 4.90 Å². The predicted molar refractivity (Wildman–Crippen MR) is 76.6 cm³/mol. The summed E-state index contributed by atoms with van der Waals surface area (Å²) in [6.45, 7) is 3.95. The number of benzene rings is 1. The molecule has 0 bridgehead atoms. The zero-order chi connectivity index (χ0) is 15.6. The summed E-state index contributed by atoms with van der Waals surface area (Å²) in [5.41, 5.74) is 0. The number of hydrogen-bond acceptors (Lipinski definition) is 3. The lowest BCUT2D eigenvalue weighted by Gasteiger charge is -2.24. The summed E-state index contributed by atoms with van der Waals surface area (Å²) in [6.07, 6.45) is 1.13. The van der Waals surface area contributed by atoms with Crippen molar-refractivity contribution in [2.24, 2.45) is 0 Å². The van der Waals surface area contributed by atoms with E-state index in [2.05, 4.69) is 5.32 Å². The third kappa shape index (κ3) is 3.41. The van der Waals surface area contributed by atoms with Crippen LogP contribution in [-0.4, -0.2) is 37.3 Å². The van der Waals surface area contributed by atoms with Gasteiger partial charge in [0.15, 0.2) is 0 Å². The molecule has 1 aliphatic heterocycles. The highest BCUT2D eigenvalue weighted by molar-refractivity contribution is 7.89. The second-order valence-corrected chi connectivity index (χ2v) is 7.28. The third-order valence-electron chi connectivity index (χ3n) is 3.36. The summed E-state index contributed by atoms with van der Waals surface area (Å²) in [4.78, 5) is 12.1. The molecule has 0 aromatic heterocycles. The summed E-state index contributed by atoms with van der Waals surface area (Å²) in [6, 6.07) is 3.91. The molecule has 1 fully saturated rings. The summed E-state index contributed by atoms with van der Waals surface area (Å²) in [7, 11) is -3.78. The molecule has 1 saturated heterocycles. The van der Waals surface area contributed by atoms with Gasteiger partial charge in [0.1, 0.15) is 11.9 Å². The number of rotatable bonds is 4. The van der Waals surface area contributed by atoms with Crippen molar-refractivity contribution in [2.45, 2.75) is 43.7 Å². The average molecular weight is 314 g/mol. The Bertz CT molecular complexity index is 614. The van der Waals surface area contributed by atoms with Crippen LogP contribution >= 0.6 is 0 Å². The largest absolute Gasteiger partial charge is 0.353 e. The van der Waals surface area contributed by atoms with Crippen molar-refractivity contribution in [2.75, 3.05) is 6.54 Å². The number of sulfonamides is 1. The van der Waals surface area contributed by atoms with Gasteiger partial charge >= 0.3 is 0 Å². The molecule has 2 rings (SSSR count). The van der Waals surface area contributed by atoms with Crippen LogP contribution in [-0.2, 0) is 14.8 Å². The smallest absolute Gasteiger partial charge is 0.243 e. The number of nitrogens with zero attached hydrogens (tertiary/aromatic N) is 1. The van der Waals surface area contributed by atoms with Crippen molar-refractivity contribution >= 4 is 15.9 Å². The van der Waals surface area contributed by atoms with E-state index in [4.69, 9.17) is 0 Å². The van der Waals surface area contributed by atoms with Crippen LogP contribution in [0, 0.1) is 5.82 Å². The quantitative estimate of drug-likeness (QED) is 0.916. The van der Waals surface area contributed by atoms with Gasteiger partial charge in [-0.1, -0.05) is 0 Å². The highest BCUT2D eigenvalue weighted by Crippen LogP contribution is 2.26. The van der Waals surface area contributed by atoms with Crippen molar-refractivity contribution in [3.63, 3.8) is 0 Å². The summed E-state index contributed by atoms with van der Waals surface area (Å²) >= 11 is 0. The topological polar surface area (TPSA) is 66.5 Å². The van der Waals surface area contributed by atoms with Gasteiger partial charge in [-0.3, -0.25) is 4.79 Å².